The Balaban J connectivity index is 2.69. The molecule has 0 saturated heterocycles. The van der Waals surface area contributed by atoms with Crippen molar-refractivity contribution < 1.29 is 9.15 Å². The predicted octanol–water partition coefficient (Wildman–Crippen LogP) is 2.24. The molecule has 2 heteroatoms. The predicted molar refractivity (Wildman–Crippen MR) is 41.6 cm³/mol. The van der Waals surface area contributed by atoms with Gasteiger partial charge in [-0.2, -0.15) is 0 Å². The number of fused-ring (bicyclic) bond motifs is 1. The average molecular weight is 147 g/mol. The van der Waals surface area contributed by atoms with Gasteiger partial charge in [0.15, 0.2) is 0 Å². The van der Waals surface area contributed by atoms with Crippen molar-refractivity contribution in [3.05, 3.63) is 30.3 Å². The van der Waals surface area contributed by atoms with Crippen molar-refractivity contribution in [1.29, 1.82) is 0 Å². The monoisotopic (exact) mass is 147 g/mol. The lowest BCUT2D eigenvalue weighted by molar-refractivity contribution is 0.316. The standard InChI is InChI=1S/C9H7O2/c1-10-9-6-7-4-2-3-5-8(7)11-9/h3-6H,1H3. The second kappa shape index (κ2) is 2.31. The number of hydrogen-bond acceptors (Lipinski definition) is 2. The second-order valence-electron chi connectivity index (χ2n) is 2.23. The van der Waals surface area contributed by atoms with Gasteiger partial charge in [-0.3, -0.25) is 0 Å². The van der Waals surface area contributed by atoms with Gasteiger partial charge in [0.1, 0.15) is 5.58 Å². The first-order chi connectivity index (χ1) is 5.40. The maximum Gasteiger partial charge on any atom is 0.285 e. The Labute approximate surface area is 64.4 Å². The molecule has 1 radical (unpaired) electrons. The highest BCUT2D eigenvalue weighted by atomic mass is 16.6. The van der Waals surface area contributed by atoms with Crippen LogP contribution in [-0.2, 0) is 0 Å². The highest BCUT2D eigenvalue weighted by Crippen LogP contribution is 2.23. The van der Waals surface area contributed by atoms with Gasteiger partial charge < -0.3 is 9.15 Å². The van der Waals surface area contributed by atoms with Gasteiger partial charge in [0.25, 0.3) is 5.95 Å². The van der Waals surface area contributed by atoms with E-state index in [1.54, 1.807) is 7.11 Å². The van der Waals surface area contributed by atoms with E-state index in [0.717, 1.165) is 11.0 Å². The Bertz CT molecular complexity index is 329. The number of ether oxygens (including phenoxy) is 1. The summed E-state index contributed by atoms with van der Waals surface area (Å²) in [6.07, 6.45) is 0. The van der Waals surface area contributed by atoms with Crippen LogP contribution < -0.4 is 4.74 Å². The maximum atomic E-state index is 5.27. The zero-order valence-corrected chi connectivity index (χ0v) is 6.13. The van der Waals surface area contributed by atoms with E-state index in [2.05, 4.69) is 6.07 Å². The van der Waals surface area contributed by atoms with E-state index < -0.39 is 0 Å². The third kappa shape index (κ3) is 0.963. The summed E-state index contributed by atoms with van der Waals surface area (Å²) in [5.41, 5.74) is 0.834. The fraction of sp³-hybridized carbons (Fsp3) is 0.111. The maximum absolute atomic E-state index is 5.27. The van der Waals surface area contributed by atoms with Crippen molar-refractivity contribution in [2.24, 2.45) is 0 Å². The van der Waals surface area contributed by atoms with E-state index in [0.29, 0.717) is 5.95 Å². The molecule has 0 saturated carbocycles. The second-order valence-corrected chi connectivity index (χ2v) is 2.23. The molecular formula is C9H7O2. The van der Waals surface area contributed by atoms with Crippen LogP contribution in [-0.4, -0.2) is 7.11 Å². The first-order valence-electron chi connectivity index (χ1n) is 3.34. The summed E-state index contributed by atoms with van der Waals surface area (Å²) in [4.78, 5) is 0. The Morgan fingerprint density at radius 2 is 2.45 bits per heavy atom. The minimum atomic E-state index is 0.541. The van der Waals surface area contributed by atoms with Gasteiger partial charge in [-0.05, 0) is 18.2 Å². The Morgan fingerprint density at radius 3 is 3.18 bits per heavy atom. The van der Waals surface area contributed by atoms with Crippen LogP contribution in [0.2, 0.25) is 0 Å². The van der Waals surface area contributed by atoms with Gasteiger partial charge in [-0.1, -0.05) is 6.07 Å². The molecule has 0 atom stereocenters. The highest BCUT2D eigenvalue weighted by molar-refractivity contribution is 5.78. The normalized spacial score (nSPS) is 10.3. The van der Waals surface area contributed by atoms with Crippen LogP contribution in [0, 0.1) is 6.07 Å². The molecule has 0 bridgehead atoms. The van der Waals surface area contributed by atoms with E-state index in [4.69, 9.17) is 9.15 Å². The van der Waals surface area contributed by atoms with Crippen molar-refractivity contribution >= 4 is 11.0 Å². The molecule has 0 N–H and O–H groups in total. The van der Waals surface area contributed by atoms with Gasteiger partial charge in [-0.25, -0.2) is 0 Å². The Morgan fingerprint density at radius 1 is 1.55 bits per heavy atom. The molecule has 1 aromatic heterocycles. The van der Waals surface area contributed by atoms with Crippen LogP contribution in [0.5, 0.6) is 5.95 Å². The van der Waals surface area contributed by atoms with Crippen molar-refractivity contribution in [1.82, 2.24) is 0 Å². The van der Waals surface area contributed by atoms with Gasteiger partial charge in [0.2, 0.25) is 0 Å². The van der Waals surface area contributed by atoms with Crippen molar-refractivity contribution in [3.63, 3.8) is 0 Å². The highest BCUT2D eigenvalue weighted by Gasteiger charge is 2.00. The number of benzene rings is 1. The number of furan rings is 1. The molecule has 1 heterocycles. The number of hydrogen-bond donors (Lipinski definition) is 0. The first-order valence-corrected chi connectivity index (χ1v) is 3.34. The molecule has 2 aromatic rings. The average Bonchev–Trinajstić information content (AvgIpc) is 2.46. The van der Waals surface area contributed by atoms with Crippen molar-refractivity contribution in [2.75, 3.05) is 7.11 Å². The molecule has 55 valence electrons. The van der Waals surface area contributed by atoms with Crippen LogP contribution >= 0.6 is 0 Å². The van der Waals surface area contributed by atoms with Crippen LogP contribution in [0.25, 0.3) is 11.0 Å². The topological polar surface area (TPSA) is 22.4 Å². The fourth-order valence-corrected chi connectivity index (χ4v) is 1.00. The van der Waals surface area contributed by atoms with Gasteiger partial charge in [0, 0.05) is 11.5 Å². The molecule has 2 rings (SSSR count). The lowest BCUT2D eigenvalue weighted by Crippen LogP contribution is -1.75. The first kappa shape index (κ1) is 6.28. The van der Waals surface area contributed by atoms with E-state index in [1.807, 2.05) is 24.3 Å². The van der Waals surface area contributed by atoms with Gasteiger partial charge in [0.05, 0.1) is 7.11 Å². The van der Waals surface area contributed by atoms with Crippen molar-refractivity contribution in [2.45, 2.75) is 0 Å². The molecule has 0 amide bonds. The van der Waals surface area contributed by atoms with E-state index >= 15 is 0 Å². The summed E-state index contributed by atoms with van der Waals surface area (Å²) in [6.45, 7) is 0. The molecule has 11 heavy (non-hydrogen) atoms. The quantitative estimate of drug-likeness (QED) is 0.617. The van der Waals surface area contributed by atoms with Crippen LogP contribution in [0.1, 0.15) is 0 Å². The molecule has 0 aliphatic carbocycles. The number of methoxy groups -OCH3 is 1. The minimum Gasteiger partial charge on any atom is -0.468 e. The van der Waals surface area contributed by atoms with Crippen LogP contribution in [0.15, 0.2) is 28.7 Å². The summed E-state index contributed by atoms with van der Waals surface area (Å²) in [5.74, 6) is 0.541. The molecule has 0 fully saturated rings. The van der Waals surface area contributed by atoms with E-state index in [1.165, 1.54) is 0 Å². The summed E-state index contributed by atoms with van der Waals surface area (Å²) >= 11 is 0. The Kier molecular flexibility index (Phi) is 1.32. The zero-order valence-electron chi connectivity index (χ0n) is 6.13. The third-order valence-corrected chi connectivity index (χ3v) is 1.54. The lowest BCUT2D eigenvalue weighted by Gasteiger charge is -1.87. The lowest BCUT2D eigenvalue weighted by atomic mass is 10.3. The Hall–Kier alpha value is -1.44. The minimum absolute atomic E-state index is 0.541. The third-order valence-electron chi connectivity index (χ3n) is 1.54. The zero-order chi connectivity index (χ0) is 7.68. The molecule has 0 aliphatic heterocycles. The van der Waals surface area contributed by atoms with Crippen molar-refractivity contribution in [3.8, 4) is 5.95 Å². The summed E-state index contributed by atoms with van der Waals surface area (Å²) in [5, 5.41) is 1.02. The molecule has 0 aliphatic rings. The molecular weight excluding hydrogens is 140 g/mol. The smallest absolute Gasteiger partial charge is 0.285 e. The largest absolute Gasteiger partial charge is 0.468 e. The SMILES string of the molecule is COc1cc2c[c]ccc2o1. The van der Waals surface area contributed by atoms with Gasteiger partial charge >= 0.3 is 0 Å². The van der Waals surface area contributed by atoms with E-state index in [-0.39, 0.29) is 0 Å². The fourth-order valence-electron chi connectivity index (χ4n) is 1.00. The van der Waals surface area contributed by atoms with E-state index in [9.17, 15) is 0 Å². The van der Waals surface area contributed by atoms with Crippen LogP contribution in [0.3, 0.4) is 0 Å². The molecule has 1 aromatic carbocycles. The molecule has 2 nitrogen and oxygen atoms in total. The molecule has 0 spiro atoms. The summed E-state index contributed by atoms with van der Waals surface area (Å²) < 4.78 is 10.2. The van der Waals surface area contributed by atoms with Crippen LogP contribution in [0.4, 0.5) is 0 Å². The van der Waals surface area contributed by atoms with Gasteiger partial charge in [-0.15, -0.1) is 0 Å². The summed E-state index contributed by atoms with van der Waals surface area (Å²) in [6, 6.07) is 10.3. The summed E-state index contributed by atoms with van der Waals surface area (Å²) in [7, 11) is 1.58. The molecule has 0 unspecified atom stereocenters. The number of rotatable bonds is 1.